The minimum absolute atomic E-state index is 0.250. The number of ether oxygens (including phenoxy) is 1. The number of halogens is 2. The maximum atomic E-state index is 5.89. The molecular weight excluding hydrogens is 353 g/mol. The second-order valence-electron chi connectivity index (χ2n) is 7.10. The van der Waals surface area contributed by atoms with Gasteiger partial charge in [0.15, 0.2) is 0 Å². The van der Waals surface area contributed by atoms with Crippen LogP contribution in [-0.4, -0.2) is 6.54 Å². The fourth-order valence-electron chi connectivity index (χ4n) is 3.36. The maximum Gasteiger partial charge on any atom is 0.127 e. The molecule has 2 aromatic carbocycles. The van der Waals surface area contributed by atoms with Gasteiger partial charge in [-0.25, -0.2) is 0 Å². The SMILES string of the molecule is CC1(C)C(C=C(Cl)Cl)C1CNCc1cccc(Oc2ccccc2)c1. The summed E-state index contributed by atoms with van der Waals surface area (Å²) in [5.41, 5.74) is 1.45. The van der Waals surface area contributed by atoms with Crippen molar-refractivity contribution in [3.63, 3.8) is 0 Å². The van der Waals surface area contributed by atoms with E-state index in [1.165, 1.54) is 5.56 Å². The Labute approximate surface area is 159 Å². The summed E-state index contributed by atoms with van der Waals surface area (Å²) in [6.45, 7) is 6.26. The van der Waals surface area contributed by atoms with E-state index >= 15 is 0 Å². The van der Waals surface area contributed by atoms with Gasteiger partial charge in [0.2, 0.25) is 0 Å². The van der Waals surface area contributed by atoms with Gasteiger partial charge in [-0.05, 0) is 53.6 Å². The van der Waals surface area contributed by atoms with Crippen LogP contribution < -0.4 is 10.1 Å². The molecule has 2 nitrogen and oxygen atoms in total. The molecule has 4 heteroatoms. The van der Waals surface area contributed by atoms with Crippen molar-refractivity contribution in [2.75, 3.05) is 6.54 Å². The lowest BCUT2D eigenvalue weighted by molar-refractivity contribution is 0.480. The van der Waals surface area contributed by atoms with E-state index in [9.17, 15) is 0 Å². The molecule has 0 heterocycles. The predicted molar refractivity (Wildman–Crippen MR) is 105 cm³/mol. The number of para-hydroxylation sites is 1. The van der Waals surface area contributed by atoms with E-state index in [1.54, 1.807) is 0 Å². The van der Waals surface area contributed by atoms with Crippen molar-refractivity contribution in [1.82, 2.24) is 5.32 Å². The third-order valence-corrected chi connectivity index (χ3v) is 5.27. The van der Waals surface area contributed by atoms with Crippen LogP contribution in [0.3, 0.4) is 0 Å². The topological polar surface area (TPSA) is 21.3 Å². The molecule has 1 aliphatic rings. The minimum Gasteiger partial charge on any atom is -0.457 e. The largest absolute Gasteiger partial charge is 0.457 e. The number of nitrogens with one attached hydrogen (secondary N) is 1. The Balaban J connectivity index is 1.53. The number of hydrogen-bond acceptors (Lipinski definition) is 2. The standard InChI is InChI=1S/C21H23Cl2NO/c1-21(2)18(12-20(22)23)19(21)14-24-13-15-7-6-10-17(11-15)25-16-8-4-3-5-9-16/h3-12,18-19,24H,13-14H2,1-2H3. The van der Waals surface area contributed by atoms with Crippen LogP contribution in [-0.2, 0) is 6.54 Å². The van der Waals surface area contributed by atoms with Crippen LogP contribution in [0.2, 0.25) is 0 Å². The van der Waals surface area contributed by atoms with E-state index < -0.39 is 0 Å². The van der Waals surface area contributed by atoms with Gasteiger partial charge >= 0.3 is 0 Å². The molecule has 0 aromatic heterocycles. The Kier molecular flexibility index (Phi) is 5.73. The van der Waals surface area contributed by atoms with Crippen molar-refractivity contribution in [2.24, 2.45) is 17.3 Å². The molecule has 0 bridgehead atoms. The van der Waals surface area contributed by atoms with Gasteiger partial charge in [0.05, 0.1) is 0 Å². The van der Waals surface area contributed by atoms with Crippen molar-refractivity contribution in [3.05, 3.63) is 70.7 Å². The Morgan fingerprint density at radius 1 is 1.08 bits per heavy atom. The molecule has 0 spiro atoms. The summed E-state index contributed by atoms with van der Waals surface area (Å²) < 4.78 is 6.25. The highest BCUT2D eigenvalue weighted by Gasteiger charge is 2.55. The second-order valence-corrected chi connectivity index (χ2v) is 8.11. The molecule has 1 aliphatic carbocycles. The summed E-state index contributed by atoms with van der Waals surface area (Å²) in [7, 11) is 0. The lowest BCUT2D eigenvalue weighted by atomic mass is 10.1. The molecule has 2 atom stereocenters. The van der Waals surface area contributed by atoms with Crippen molar-refractivity contribution in [1.29, 1.82) is 0 Å². The van der Waals surface area contributed by atoms with Crippen LogP contribution in [0.5, 0.6) is 11.5 Å². The molecule has 1 N–H and O–H groups in total. The highest BCUT2D eigenvalue weighted by atomic mass is 35.5. The molecule has 25 heavy (non-hydrogen) atoms. The minimum atomic E-state index is 0.250. The average Bonchev–Trinajstić information content (AvgIpc) is 3.08. The number of benzene rings is 2. The van der Waals surface area contributed by atoms with Crippen LogP contribution in [0.15, 0.2) is 65.2 Å². The summed E-state index contributed by atoms with van der Waals surface area (Å²) in [6, 6.07) is 18.0. The highest BCUT2D eigenvalue weighted by Crippen LogP contribution is 2.59. The quantitative estimate of drug-likeness (QED) is 0.625. The molecule has 132 valence electrons. The van der Waals surface area contributed by atoms with E-state index in [2.05, 4.69) is 31.3 Å². The fourth-order valence-corrected chi connectivity index (χ4v) is 3.63. The van der Waals surface area contributed by atoms with E-state index in [4.69, 9.17) is 27.9 Å². The Bertz CT molecular complexity index is 739. The third kappa shape index (κ3) is 4.78. The zero-order valence-corrected chi connectivity index (χ0v) is 16.0. The van der Waals surface area contributed by atoms with Gasteiger partial charge in [-0.15, -0.1) is 0 Å². The summed E-state index contributed by atoms with van der Waals surface area (Å²) in [5, 5.41) is 3.54. The molecule has 2 aromatic rings. The van der Waals surface area contributed by atoms with Gasteiger partial charge in [-0.2, -0.15) is 0 Å². The highest BCUT2D eigenvalue weighted by molar-refractivity contribution is 6.55. The van der Waals surface area contributed by atoms with E-state index in [0.29, 0.717) is 16.3 Å². The van der Waals surface area contributed by atoms with Gasteiger partial charge in [-0.1, -0.05) is 73.5 Å². The lowest BCUT2D eigenvalue weighted by Gasteiger charge is -2.09. The first kappa shape index (κ1) is 18.3. The van der Waals surface area contributed by atoms with E-state index in [-0.39, 0.29) is 5.41 Å². The Hall–Kier alpha value is -1.48. The van der Waals surface area contributed by atoms with Crippen molar-refractivity contribution in [3.8, 4) is 11.5 Å². The van der Waals surface area contributed by atoms with Gasteiger partial charge < -0.3 is 10.1 Å². The monoisotopic (exact) mass is 375 g/mol. The fraction of sp³-hybridized carbons (Fsp3) is 0.333. The normalized spacial score (nSPS) is 20.8. The molecule has 0 saturated heterocycles. The first-order valence-corrected chi connectivity index (χ1v) is 9.28. The van der Waals surface area contributed by atoms with Crippen LogP contribution in [0.1, 0.15) is 19.4 Å². The number of allylic oxidation sites excluding steroid dienone is 1. The molecule has 1 fully saturated rings. The van der Waals surface area contributed by atoms with Crippen LogP contribution in [0.4, 0.5) is 0 Å². The summed E-state index contributed by atoms with van der Waals surface area (Å²) >= 11 is 11.6. The van der Waals surface area contributed by atoms with Gasteiger partial charge in [0.25, 0.3) is 0 Å². The zero-order valence-electron chi connectivity index (χ0n) is 14.5. The lowest BCUT2D eigenvalue weighted by Crippen LogP contribution is -2.18. The summed E-state index contributed by atoms with van der Waals surface area (Å²) in [5.74, 6) is 2.70. The van der Waals surface area contributed by atoms with Crippen molar-refractivity contribution < 1.29 is 4.74 Å². The average molecular weight is 376 g/mol. The van der Waals surface area contributed by atoms with E-state index in [1.807, 2.05) is 48.5 Å². The second kappa shape index (κ2) is 7.82. The maximum absolute atomic E-state index is 5.89. The van der Waals surface area contributed by atoms with Gasteiger partial charge in [-0.3, -0.25) is 0 Å². The summed E-state index contributed by atoms with van der Waals surface area (Å²) in [4.78, 5) is 0. The molecule has 0 amide bonds. The molecule has 0 aliphatic heterocycles. The zero-order chi connectivity index (χ0) is 17.9. The van der Waals surface area contributed by atoms with E-state index in [0.717, 1.165) is 24.6 Å². The predicted octanol–water partition coefficient (Wildman–Crippen LogP) is 6.16. The van der Waals surface area contributed by atoms with Crippen molar-refractivity contribution in [2.45, 2.75) is 20.4 Å². The molecular formula is C21H23Cl2NO. The van der Waals surface area contributed by atoms with Gasteiger partial charge in [0, 0.05) is 6.54 Å². The molecule has 3 rings (SSSR count). The van der Waals surface area contributed by atoms with Crippen LogP contribution in [0.25, 0.3) is 0 Å². The molecule has 1 saturated carbocycles. The third-order valence-electron chi connectivity index (χ3n) is 5.02. The Morgan fingerprint density at radius 3 is 2.52 bits per heavy atom. The number of rotatable bonds is 7. The first-order valence-electron chi connectivity index (χ1n) is 8.52. The van der Waals surface area contributed by atoms with Crippen LogP contribution >= 0.6 is 23.2 Å². The first-order chi connectivity index (χ1) is 12.0. The molecule has 0 radical (unpaired) electrons. The Morgan fingerprint density at radius 2 is 1.80 bits per heavy atom. The smallest absolute Gasteiger partial charge is 0.127 e. The summed E-state index contributed by atoms with van der Waals surface area (Å²) in [6.07, 6.45) is 1.96. The van der Waals surface area contributed by atoms with Crippen LogP contribution in [0, 0.1) is 17.3 Å². The number of hydrogen-bond donors (Lipinski definition) is 1. The molecule has 2 unspecified atom stereocenters. The van der Waals surface area contributed by atoms with Gasteiger partial charge in [0.1, 0.15) is 16.0 Å². The van der Waals surface area contributed by atoms with Crippen molar-refractivity contribution >= 4 is 23.2 Å².